The van der Waals surface area contributed by atoms with E-state index >= 15 is 0 Å². The topological polar surface area (TPSA) is 61.8 Å². The maximum absolute atomic E-state index is 11.8. The molecule has 0 atom stereocenters. The van der Waals surface area contributed by atoms with Crippen molar-refractivity contribution in [1.29, 1.82) is 0 Å². The van der Waals surface area contributed by atoms with E-state index in [-0.39, 0.29) is 22.5 Å². The molecule has 2 heterocycles. The molecule has 0 N–H and O–H groups in total. The van der Waals surface area contributed by atoms with E-state index in [2.05, 4.69) is 4.98 Å². The smallest absolute Gasteiger partial charge is 0.312 e. The molecular weight excluding hydrogens is 255 g/mol. The van der Waals surface area contributed by atoms with Gasteiger partial charge in [-0.05, 0) is 11.6 Å². The first-order valence-corrected chi connectivity index (χ1v) is 5.28. The zero-order valence-corrected chi connectivity index (χ0v) is 10.1. The Bertz CT molecular complexity index is 682. The fraction of sp³-hybridized carbons (Fsp3) is 0.375. The molecule has 2 aromatic rings. The van der Waals surface area contributed by atoms with E-state index in [1.165, 1.54) is 16.2 Å². The number of fused-ring (bicyclic) bond motifs is 1. The summed E-state index contributed by atoms with van der Waals surface area (Å²) in [6.07, 6.45) is 0. The molecule has 2 rings (SSSR count). The van der Waals surface area contributed by atoms with Gasteiger partial charge < -0.3 is 4.57 Å². The summed E-state index contributed by atoms with van der Waals surface area (Å²) in [5, 5.41) is 0.136. The highest BCUT2D eigenvalue weighted by Gasteiger charge is 2.16. The zero-order valence-electron chi connectivity index (χ0n) is 8.57. The standard InChI is InChI=1S/C8H8Cl2N4O2/c1-12-4-5(11-7(12)10)14(3-9)8(16)13(2)6(4)15/h3H2,1-2H3. The van der Waals surface area contributed by atoms with Gasteiger partial charge in [0.2, 0.25) is 5.28 Å². The fourth-order valence-corrected chi connectivity index (χ4v) is 1.89. The monoisotopic (exact) mass is 262 g/mol. The van der Waals surface area contributed by atoms with E-state index in [1.807, 2.05) is 0 Å². The van der Waals surface area contributed by atoms with Crippen LogP contribution in [0, 0.1) is 0 Å². The lowest BCUT2D eigenvalue weighted by molar-refractivity contribution is 0.696. The minimum atomic E-state index is -0.512. The summed E-state index contributed by atoms with van der Waals surface area (Å²) in [7, 11) is 2.98. The van der Waals surface area contributed by atoms with Crippen molar-refractivity contribution in [3.63, 3.8) is 0 Å². The highest BCUT2D eigenvalue weighted by atomic mass is 35.5. The number of rotatable bonds is 1. The lowest BCUT2D eigenvalue weighted by Crippen LogP contribution is -2.38. The largest absolute Gasteiger partial charge is 0.333 e. The van der Waals surface area contributed by atoms with E-state index in [0.717, 1.165) is 4.57 Å². The van der Waals surface area contributed by atoms with Gasteiger partial charge in [-0.25, -0.2) is 4.79 Å². The summed E-state index contributed by atoms with van der Waals surface area (Å²) in [5.74, 6) is 0. The molecule has 0 aromatic carbocycles. The van der Waals surface area contributed by atoms with Crippen molar-refractivity contribution < 1.29 is 0 Å². The molecule has 0 amide bonds. The maximum atomic E-state index is 11.8. The van der Waals surface area contributed by atoms with Crippen LogP contribution >= 0.6 is 23.2 Å². The van der Waals surface area contributed by atoms with Crippen molar-refractivity contribution in [3.05, 3.63) is 26.1 Å². The Morgan fingerprint density at radius 3 is 2.44 bits per heavy atom. The van der Waals surface area contributed by atoms with Gasteiger partial charge >= 0.3 is 5.69 Å². The third-order valence-electron chi connectivity index (χ3n) is 2.42. The van der Waals surface area contributed by atoms with Crippen molar-refractivity contribution in [1.82, 2.24) is 18.7 Å². The molecule has 6 nitrogen and oxygen atoms in total. The molecule has 16 heavy (non-hydrogen) atoms. The summed E-state index contributed by atoms with van der Waals surface area (Å²) in [6.45, 7) is 0. The van der Waals surface area contributed by atoms with Gasteiger partial charge in [-0.15, -0.1) is 11.6 Å². The van der Waals surface area contributed by atoms with Crippen LogP contribution in [0.25, 0.3) is 11.2 Å². The molecule has 0 spiro atoms. The Hall–Kier alpha value is -1.27. The Morgan fingerprint density at radius 2 is 1.88 bits per heavy atom. The molecular formula is C8H8Cl2N4O2. The highest BCUT2D eigenvalue weighted by molar-refractivity contribution is 6.29. The van der Waals surface area contributed by atoms with Crippen LogP contribution in [0.4, 0.5) is 0 Å². The molecule has 2 aromatic heterocycles. The predicted molar refractivity (Wildman–Crippen MR) is 61.1 cm³/mol. The van der Waals surface area contributed by atoms with E-state index in [9.17, 15) is 9.59 Å². The second-order valence-corrected chi connectivity index (χ2v) is 3.88. The number of hydrogen-bond donors (Lipinski definition) is 0. The van der Waals surface area contributed by atoms with Crippen LogP contribution < -0.4 is 11.2 Å². The second kappa shape index (κ2) is 3.64. The number of aryl methyl sites for hydroxylation is 1. The van der Waals surface area contributed by atoms with Crippen molar-refractivity contribution in [2.75, 3.05) is 0 Å². The minimum Gasteiger partial charge on any atom is -0.312 e. The van der Waals surface area contributed by atoms with Crippen LogP contribution in [0.5, 0.6) is 0 Å². The Morgan fingerprint density at radius 1 is 1.25 bits per heavy atom. The van der Waals surface area contributed by atoms with Crippen molar-refractivity contribution in [3.8, 4) is 0 Å². The minimum absolute atomic E-state index is 0.0865. The third kappa shape index (κ3) is 1.30. The maximum Gasteiger partial charge on any atom is 0.333 e. The van der Waals surface area contributed by atoms with Crippen molar-refractivity contribution >= 4 is 34.4 Å². The Kier molecular flexibility index (Phi) is 2.55. The zero-order chi connectivity index (χ0) is 12.0. The average molecular weight is 263 g/mol. The number of nitrogens with zero attached hydrogens (tertiary/aromatic N) is 4. The third-order valence-corrected chi connectivity index (χ3v) is 3.00. The molecule has 0 aliphatic rings. The average Bonchev–Trinajstić information content (AvgIpc) is 2.53. The first-order chi connectivity index (χ1) is 7.49. The van der Waals surface area contributed by atoms with Crippen LogP contribution in [-0.4, -0.2) is 18.7 Å². The van der Waals surface area contributed by atoms with E-state index in [0.29, 0.717) is 0 Å². The predicted octanol–water partition coefficient (Wildman–Crippen LogP) is 0.283. The van der Waals surface area contributed by atoms with Crippen molar-refractivity contribution in [2.24, 2.45) is 14.1 Å². The lowest BCUT2D eigenvalue weighted by atomic mass is 10.5. The first kappa shape index (κ1) is 11.2. The molecule has 0 fully saturated rings. The van der Waals surface area contributed by atoms with E-state index in [4.69, 9.17) is 23.2 Å². The van der Waals surface area contributed by atoms with Gasteiger partial charge in [-0.2, -0.15) is 4.98 Å². The summed E-state index contributed by atoms with van der Waals surface area (Å²) < 4.78 is 3.58. The molecule has 8 heteroatoms. The van der Waals surface area contributed by atoms with Crippen molar-refractivity contribution in [2.45, 2.75) is 6.00 Å². The summed E-state index contributed by atoms with van der Waals surface area (Å²) in [6, 6.07) is -0.0865. The molecule has 0 aliphatic heterocycles. The van der Waals surface area contributed by atoms with Gasteiger partial charge in [-0.3, -0.25) is 13.9 Å². The van der Waals surface area contributed by atoms with Crippen LogP contribution in [0.15, 0.2) is 9.59 Å². The number of aromatic nitrogens is 4. The molecule has 0 radical (unpaired) electrons. The quantitative estimate of drug-likeness (QED) is 0.548. The van der Waals surface area contributed by atoms with Gasteiger partial charge in [0.15, 0.2) is 11.2 Å². The SMILES string of the molecule is Cn1c(=O)c2c(nc(Cl)n2C)n(CCl)c1=O. The molecule has 0 unspecified atom stereocenters. The highest BCUT2D eigenvalue weighted by Crippen LogP contribution is 2.13. The molecule has 86 valence electrons. The van der Waals surface area contributed by atoms with Crippen LogP contribution in [0.2, 0.25) is 5.28 Å². The molecule has 0 saturated heterocycles. The Labute approximate surface area is 99.6 Å². The summed E-state index contributed by atoms with van der Waals surface area (Å²) in [5.41, 5.74) is -0.492. The normalized spacial score (nSPS) is 11.2. The van der Waals surface area contributed by atoms with Gasteiger partial charge in [0, 0.05) is 14.1 Å². The second-order valence-electron chi connectivity index (χ2n) is 3.31. The number of halogens is 2. The van der Waals surface area contributed by atoms with E-state index < -0.39 is 11.2 Å². The van der Waals surface area contributed by atoms with Gasteiger partial charge in [-0.1, -0.05) is 0 Å². The number of imidazole rings is 1. The first-order valence-electron chi connectivity index (χ1n) is 4.36. The number of hydrogen-bond acceptors (Lipinski definition) is 3. The summed E-state index contributed by atoms with van der Waals surface area (Å²) in [4.78, 5) is 27.5. The lowest BCUT2D eigenvalue weighted by Gasteiger charge is -2.04. The molecule has 0 bridgehead atoms. The fourth-order valence-electron chi connectivity index (χ4n) is 1.51. The van der Waals surface area contributed by atoms with Gasteiger partial charge in [0.1, 0.15) is 6.00 Å². The van der Waals surface area contributed by atoms with Gasteiger partial charge in [0.25, 0.3) is 5.56 Å². The Balaban J connectivity index is 3.17. The molecule has 0 aliphatic carbocycles. The summed E-state index contributed by atoms with van der Waals surface area (Å²) >= 11 is 11.5. The molecule has 0 saturated carbocycles. The van der Waals surface area contributed by atoms with E-state index in [1.54, 1.807) is 7.05 Å². The number of alkyl halides is 1. The van der Waals surface area contributed by atoms with Crippen LogP contribution in [0.1, 0.15) is 0 Å². The van der Waals surface area contributed by atoms with Gasteiger partial charge in [0.05, 0.1) is 0 Å². The van der Waals surface area contributed by atoms with Crippen LogP contribution in [0.3, 0.4) is 0 Å². The van der Waals surface area contributed by atoms with Crippen LogP contribution in [-0.2, 0) is 20.1 Å².